The molecule has 0 bridgehead atoms. The summed E-state index contributed by atoms with van der Waals surface area (Å²) in [7, 11) is 0. The predicted octanol–water partition coefficient (Wildman–Crippen LogP) is 1.05. The van der Waals surface area contributed by atoms with E-state index in [9.17, 15) is 14.0 Å². The predicted molar refractivity (Wildman–Crippen MR) is 82.7 cm³/mol. The van der Waals surface area contributed by atoms with Crippen LogP contribution in [-0.2, 0) is 9.59 Å². The molecule has 1 aromatic rings. The van der Waals surface area contributed by atoms with Crippen molar-refractivity contribution in [2.45, 2.75) is 25.7 Å². The van der Waals surface area contributed by atoms with Gasteiger partial charge >= 0.3 is 0 Å². The number of hydrogen-bond acceptors (Lipinski definition) is 4. The number of nitrogens with one attached hydrogen (secondary N) is 1. The van der Waals surface area contributed by atoms with Crippen LogP contribution in [-0.4, -0.2) is 52.9 Å². The highest BCUT2D eigenvalue weighted by Crippen LogP contribution is 2.37. The number of rotatable bonds is 1. The molecule has 0 aromatic carbocycles. The average molecular weight is 337 g/mol. The van der Waals surface area contributed by atoms with Gasteiger partial charge in [-0.05, 0) is 30.7 Å². The van der Waals surface area contributed by atoms with E-state index in [2.05, 4.69) is 10.3 Å². The number of pyridine rings is 1. The van der Waals surface area contributed by atoms with Crippen molar-refractivity contribution in [1.82, 2.24) is 15.2 Å². The van der Waals surface area contributed by atoms with Gasteiger partial charge < -0.3 is 15.3 Å². The van der Waals surface area contributed by atoms with Crippen LogP contribution in [0.15, 0.2) is 18.5 Å². The molecule has 0 aliphatic carbocycles. The molecule has 2 amide bonds. The zero-order valence-electron chi connectivity index (χ0n) is 13.2. The fourth-order valence-electron chi connectivity index (χ4n) is 3.16. The van der Waals surface area contributed by atoms with Crippen LogP contribution in [0.4, 0.5) is 4.39 Å². The van der Waals surface area contributed by atoms with Crippen LogP contribution in [0.3, 0.4) is 0 Å². The van der Waals surface area contributed by atoms with Crippen LogP contribution in [0.5, 0.6) is 0 Å². The third-order valence-corrected chi connectivity index (χ3v) is 4.61. The summed E-state index contributed by atoms with van der Waals surface area (Å²) in [6, 6.07) is 1.22. The first-order valence-corrected chi connectivity index (χ1v) is 7.74. The molecule has 2 saturated heterocycles. The summed E-state index contributed by atoms with van der Waals surface area (Å²) >= 11 is 0. The lowest BCUT2D eigenvalue weighted by Gasteiger charge is -2.44. The number of piperidine rings is 2. The molecule has 2 N–H and O–H groups in total. The van der Waals surface area contributed by atoms with Crippen molar-refractivity contribution in [1.29, 1.82) is 0 Å². The van der Waals surface area contributed by atoms with Crippen LogP contribution >= 0.6 is 0 Å². The second-order valence-electron chi connectivity index (χ2n) is 6.07. The molecule has 8 heteroatoms. The van der Waals surface area contributed by atoms with Gasteiger partial charge in [-0.2, -0.15) is 0 Å². The third kappa shape index (κ3) is 4.27. The SMILES string of the molecule is O=C1CCC2(CCN(C(=O)c3cncc(F)c3)CC2)CN1.O=CO. The second-order valence-corrected chi connectivity index (χ2v) is 6.07. The van der Waals surface area contributed by atoms with Crippen molar-refractivity contribution in [2.24, 2.45) is 5.41 Å². The number of carbonyl (C=O) groups excluding carboxylic acids is 2. The van der Waals surface area contributed by atoms with E-state index in [0.29, 0.717) is 31.6 Å². The highest BCUT2D eigenvalue weighted by molar-refractivity contribution is 5.94. The summed E-state index contributed by atoms with van der Waals surface area (Å²) in [6.45, 7) is 1.74. The molecule has 0 atom stereocenters. The van der Waals surface area contributed by atoms with Crippen molar-refractivity contribution in [2.75, 3.05) is 19.6 Å². The number of halogens is 1. The summed E-state index contributed by atoms with van der Waals surface area (Å²) in [5, 5.41) is 9.81. The lowest BCUT2D eigenvalue weighted by molar-refractivity contribution is -0.125. The molecule has 2 aliphatic heterocycles. The summed E-state index contributed by atoms with van der Waals surface area (Å²) in [5.41, 5.74) is 0.424. The molecule has 0 radical (unpaired) electrons. The molecule has 3 heterocycles. The average Bonchev–Trinajstić information content (AvgIpc) is 2.59. The molecule has 0 saturated carbocycles. The van der Waals surface area contributed by atoms with Crippen molar-refractivity contribution in [3.8, 4) is 0 Å². The Morgan fingerprint density at radius 3 is 2.54 bits per heavy atom. The maximum Gasteiger partial charge on any atom is 0.290 e. The normalized spacial score (nSPS) is 19.0. The van der Waals surface area contributed by atoms with Crippen molar-refractivity contribution in [3.05, 3.63) is 29.8 Å². The monoisotopic (exact) mass is 337 g/mol. The zero-order valence-corrected chi connectivity index (χ0v) is 13.2. The quantitative estimate of drug-likeness (QED) is 0.746. The molecular formula is C16H20FN3O4. The molecule has 24 heavy (non-hydrogen) atoms. The van der Waals surface area contributed by atoms with E-state index < -0.39 is 5.82 Å². The minimum absolute atomic E-state index is 0.116. The van der Waals surface area contributed by atoms with E-state index in [4.69, 9.17) is 9.90 Å². The molecule has 7 nitrogen and oxygen atoms in total. The molecule has 2 fully saturated rings. The van der Waals surface area contributed by atoms with E-state index in [0.717, 1.165) is 25.5 Å². The lowest BCUT2D eigenvalue weighted by atomic mass is 9.73. The van der Waals surface area contributed by atoms with E-state index in [1.54, 1.807) is 4.90 Å². The van der Waals surface area contributed by atoms with Crippen LogP contribution in [0.25, 0.3) is 0 Å². The number of hydrogen-bond donors (Lipinski definition) is 2. The zero-order chi connectivity index (χ0) is 17.6. The molecule has 3 rings (SSSR count). The van der Waals surface area contributed by atoms with E-state index >= 15 is 0 Å². The molecule has 1 aromatic heterocycles. The summed E-state index contributed by atoms with van der Waals surface area (Å²) in [5.74, 6) is -0.550. The number of nitrogens with zero attached hydrogens (tertiary/aromatic N) is 2. The van der Waals surface area contributed by atoms with Crippen LogP contribution in [0.1, 0.15) is 36.0 Å². The maximum absolute atomic E-state index is 13.1. The maximum atomic E-state index is 13.1. The molecule has 2 aliphatic rings. The van der Waals surface area contributed by atoms with Crippen molar-refractivity contribution < 1.29 is 23.9 Å². The van der Waals surface area contributed by atoms with E-state index in [-0.39, 0.29) is 23.7 Å². The minimum Gasteiger partial charge on any atom is -0.483 e. The number of carboxylic acid groups (broad SMARTS) is 1. The van der Waals surface area contributed by atoms with Gasteiger partial charge in [0.25, 0.3) is 12.4 Å². The molecule has 130 valence electrons. The van der Waals surface area contributed by atoms with Crippen LogP contribution in [0.2, 0.25) is 0 Å². The second kappa shape index (κ2) is 7.85. The van der Waals surface area contributed by atoms with Gasteiger partial charge in [-0.3, -0.25) is 19.4 Å². The Labute approximate surface area is 138 Å². The van der Waals surface area contributed by atoms with Gasteiger partial charge in [-0.25, -0.2) is 4.39 Å². The van der Waals surface area contributed by atoms with E-state index in [1.165, 1.54) is 12.3 Å². The van der Waals surface area contributed by atoms with Crippen LogP contribution < -0.4 is 5.32 Å². The summed E-state index contributed by atoms with van der Waals surface area (Å²) in [6.07, 6.45) is 5.71. The van der Waals surface area contributed by atoms with Gasteiger partial charge in [-0.15, -0.1) is 0 Å². The Bertz CT molecular complexity index is 603. The van der Waals surface area contributed by atoms with Gasteiger partial charge in [0.2, 0.25) is 5.91 Å². The lowest BCUT2D eigenvalue weighted by Crippen LogP contribution is -2.50. The number of aromatic nitrogens is 1. The smallest absolute Gasteiger partial charge is 0.290 e. The molecular weight excluding hydrogens is 317 g/mol. The first-order valence-electron chi connectivity index (χ1n) is 7.74. The fraction of sp³-hybridized carbons (Fsp3) is 0.500. The Balaban J connectivity index is 0.000000647. The first kappa shape index (κ1) is 17.8. The standard InChI is InChI=1S/C15H18FN3O2.CH2O2/c16-12-7-11(8-17-9-12)14(21)19-5-3-15(4-6-19)2-1-13(20)18-10-15;2-1-3/h7-9H,1-6,10H2,(H,18,20);1H,(H,2,3). The summed E-state index contributed by atoms with van der Waals surface area (Å²) < 4.78 is 13.1. The highest BCUT2D eigenvalue weighted by atomic mass is 19.1. The highest BCUT2D eigenvalue weighted by Gasteiger charge is 2.38. The summed E-state index contributed by atoms with van der Waals surface area (Å²) in [4.78, 5) is 37.4. The Kier molecular flexibility index (Phi) is 5.83. The van der Waals surface area contributed by atoms with Gasteiger partial charge in [-0.1, -0.05) is 0 Å². The molecule has 0 unspecified atom stereocenters. The Morgan fingerprint density at radius 1 is 1.33 bits per heavy atom. The largest absolute Gasteiger partial charge is 0.483 e. The van der Waals surface area contributed by atoms with Gasteiger partial charge in [0, 0.05) is 32.3 Å². The molecule has 1 spiro atoms. The van der Waals surface area contributed by atoms with Crippen LogP contribution in [0, 0.1) is 11.2 Å². The van der Waals surface area contributed by atoms with Crippen molar-refractivity contribution >= 4 is 18.3 Å². The van der Waals surface area contributed by atoms with Gasteiger partial charge in [0.1, 0.15) is 5.82 Å². The third-order valence-electron chi connectivity index (χ3n) is 4.61. The van der Waals surface area contributed by atoms with Gasteiger partial charge in [0.05, 0.1) is 11.8 Å². The first-order chi connectivity index (χ1) is 11.5. The minimum atomic E-state index is -0.496. The number of likely N-dealkylation sites (tertiary alicyclic amines) is 1. The topological polar surface area (TPSA) is 99.6 Å². The fourth-order valence-corrected chi connectivity index (χ4v) is 3.16. The van der Waals surface area contributed by atoms with Gasteiger partial charge in [0.15, 0.2) is 0 Å². The van der Waals surface area contributed by atoms with Crippen molar-refractivity contribution in [3.63, 3.8) is 0 Å². The Hall–Kier alpha value is -2.51. The number of amides is 2. The number of carbonyl (C=O) groups is 3. The van der Waals surface area contributed by atoms with E-state index in [1.807, 2.05) is 0 Å². The Morgan fingerprint density at radius 2 is 2.00 bits per heavy atom.